The van der Waals surface area contributed by atoms with E-state index in [2.05, 4.69) is 77.1 Å². The van der Waals surface area contributed by atoms with E-state index in [4.69, 9.17) is 23.7 Å². The first kappa shape index (κ1) is 32.7. The van der Waals surface area contributed by atoms with Crippen molar-refractivity contribution >= 4 is 0 Å². The molecule has 0 aromatic heterocycles. The fraction of sp³-hybridized carbons (Fsp3) is 0.333. The third-order valence-corrected chi connectivity index (χ3v) is 7.43. The van der Waals surface area contributed by atoms with Crippen LogP contribution < -0.4 is 18.9 Å². The molecule has 5 nitrogen and oxygen atoms in total. The lowest BCUT2D eigenvalue weighted by Crippen LogP contribution is -2.20. The van der Waals surface area contributed by atoms with Gasteiger partial charge in [0.1, 0.15) is 29.6 Å². The average Bonchev–Trinajstić information content (AvgIpc) is 3.02. The Balaban J connectivity index is 1.46. The van der Waals surface area contributed by atoms with Gasteiger partial charge < -0.3 is 23.7 Å². The summed E-state index contributed by atoms with van der Waals surface area (Å²) in [6, 6.07) is 30.5. The Morgan fingerprint density at radius 1 is 0.705 bits per heavy atom. The van der Waals surface area contributed by atoms with Gasteiger partial charge in [-0.05, 0) is 79.3 Å². The Bertz CT molecular complexity index is 1460. The number of ether oxygens (including phenoxy) is 5. The van der Waals surface area contributed by atoms with Gasteiger partial charge in [0.05, 0.1) is 20.8 Å². The van der Waals surface area contributed by atoms with E-state index < -0.39 is 6.29 Å². The third kappa shape index (κ3) is 8.67. The minimum absolute atomic E-state index is 0.119. The first-order chi connectivity index (χ1) is 21.1. The molecular formula is C39H46O5. The number of rotatable bonds is 13. The summed E-state index contributed by atoms with van der Waals surface area (Å²) in [5.41, 5.74) is 6.65. The Morgan fingerprint density at radius 2 is 1.25 bits per heavy atom. The van der Waals surface area contributed by atoms with Crippen molar-refractivity contribution in [1.82, 2.24) is 0 Å². The molecule has 4 rings (SSSR count). The first-order valence-electron chi connectivity index (χ1n) is 15.2. The minimum atomic E-state index is -0.438. The van der Waals surface area contributed by atoms with Crippen LogP contribution in [0.1, 0.15) is 53.0 Å². The lowest BCUT2D eigenvalue weighted by Gasteiger charge is -2.29. The predicted octanol–water partition coefficient (Wildman–Crippen LogP) is 9.95. The zero-order valence-electron chi connectivity index (χ0n) is 27.3. The summed E-state index contributed by atoms with van der Waals surface area (Å²) in [5, 5.41) is 0. The van der Waals surface area contributed by atoms with Crippen LogP contribution in [0, 0.1) is 5.41 Å². The highest BCUT2D eigenvalue weighted by atomic mass is 16.7. The summed E-state index contributed by atoms with van der Waals surface area (Å²) in [4.78, 5) is 0. The Kier molecular flexibility index (Phi) is 11.1. The van der Waals surface area contributed by atoms with Crippen LogP contribution in [0.2, 0.25) is 0 Å². The smallest absolute Gasteiger partial charge is 0.197 e. The summed E-state index contributed by atoms with van der Waals surface area (Å²) in [7, 11) is 3.34. The number of benzene rings is 4. The third-order valence-electron chi connectivity index (χ3n) is 7.43. The van der Waals surface area contributed by atoms with Crippen molar-refractivity contribution < 1.29 is 23.7 Å². The Morgan fingerprint density at radius 3 is 1.75 bits per heavy atom. The van der Waals surface area contributed by atoms with E-state index in [1.54, 1.807) is 14.2 Å². The van der Waals surface area contributed by atoms with E-state index in [0.717, 1.165) is 45.3 Å². The second-order valence-electron chi connectivity index (χ2n) is 12.2. The van der Waals surface area contributed by atoms with Crippen molar-refractivity contribution in [3.63, 3.8) is 0 Å². The Hall–Kier alpha value is -4.22. The van der Waals surface area contributed by atoms with Crippen molar-refractivity contribution in [2.75, 3.05) is 27.4 Å². The number of hydrogen-bond donors (Lipinski definition) is 0. The van der Waals surface area contributed by atoms with Crippen molar-refractivity contribution in [1.29, 1.82) is 0 Å². The maximum absolute atomic E-state index is 6.46. The summed E-state index contributed by atoms with van der Waals surface area (Å²) >= 11 is 0. The molecule has 44 heavy (non-hydrogen) atoms. The first-order valence-corrected chi connectivity index (χ1v) is 15.2. The lowest BCUT2D eigenvalue weighted by atomic mass is 9.76. The topological polar surface area (TPSA) is 46.2 Å². The van der Waals surface area contributed by atoms with Crippen LogP contribution in [-0.4, -0.2) is 33.7 Å². The maximum Gasteiger partial charge on any atom is 0.197 e. The molecule has 5 heteroatoms. The molecule has 0 N–H and O–H groups in total. The van der Waals surface area contributed by atoms with Crippen LogP contribution in [0.15, 0.2) is 103 Å². The fourth-order valence-electron chi connectivity index (χ4n) is 5.25. The zero-order chi connectivity index (χ0) is 31.7. The van der Waals surface area contributed by atoms with E-state index in [9.17, 15) is 0 Å². The highest BCUT2D eigenvalue weighted by molar-refractivity contribution is 5.83. The van der Waals surface area contributed by atoms with Gasteiger partial charge in [-0.2, -0.15) is 0 Å². The number of allylic oxidation sites excluding steroid dienone is 2. The van der Waals surface area contributed by atoms with Crippen LogP contribution in [0.25, 0.3) is 22.3 Å². The molecule has 232 valence electrons. The molecule has 0 fully saturated rings. The van der Waals surface area contributed by atoms with Gasteiger partial charge in [0.15, 0.2) is 6.29 Å². The second kappa shape index (κ2) is 15.0. The molecule has 0 spiro atoms. The van der Waals surface area contributed by atoms with Crippen molar-refractivity contribution in [2.24, 2.45) is 5.41 Å². The van der Waals surface area contributed by atoms with Gasteiger partial charge in [0, 0.05) is 17.0 Å². The fourth-order valence-corrected chi connectivity index (χ4v) is 5.25. The normalized spacial score (nSPS) is 12.6. The maximum atomic E-state index is 6.46. The lowest BCUT2D eigenvalue weighted by molar-refractivity contribution is -0.0738. The molecule has 0 aliphatic heterocycles. The van der Waals surface area contributed by atoms with Gasteiger partial charge in [-0.15, -0.1) is 0 Å². The van der Waals surface area contributed by atoms with Crippen LogP contribution in [0.4, 0.5) is 0 Å². The van der Waals surface area contributed by atoms with Crippen molar-refractivity contribution in [3.05, 3.63) is 108 Å². The van der Waals surface area contributed by atoms with Gasteiger partial charge in [-0.1, -0.05) is 87.0 Å². The molecule has 0 radical (unpaired) electrons. The molecular weight excluding hydrogens is 548 g/mol. The van der Waals surface area contributed by atoms with Crippen LogP contribution >= 0.6 is 0 Å². The highest BCUT2D eigenvalue weighted by Crippen LogP contribution is 2.41. The molecule has 0 aliphatic rings. The SMILES string of the molecule is COc1cccc(-c2cccc(-c3cccc(OC)c3)c2OCCOC(C)Oc2ccc(C(C=C(C)C)C(C)(C)C)cc2)c1. The average molecular weight is 595 g/mol. The molecule has 0 saturated carbocycles. The quantitative estimate of drug-likeness (QED) is 0.0876. The second-order valence-corrected chi connectivity index (χ2v) is 12.2. The summed E-state index contributed by atoms with van der Waals surface area (Å²) in [6.07, 6.45) is 1.90. The molecule has 0 aliphatic carbocycles. The van der Waals surface area contributed by atoms with Crippen molar-refractivity contribution in [3.8, 4) is 45.3 Å². The largest absolute Gasteiger partial charge is 0.497 e. The number of para-hydroxylation sites is 1. The molecule has 0 saturated heterocycles. The molecule has 0 bridgehead atoms. The van der Waals surface area contributed by atoms with Gasteiger partial charge in [0.25, 0.3) is 0 Å². The Labute approximate surface area is 263 Å². The molecule has 4 aromatic rings. The number of methoxy groups -OCH3 is 2. The van der Waals surface area contributed by atoms with Gasteiger partial charge in [-0.25, -0.2) is 0 Å². The van der Waals surface area contributed by atoms with E-state index in [0.29, 0.717) is 19.1 Å². The molecule has 0 amide bonds. The van der Waals surface area contributed by atoms with Gasteiger partial charge >= 0.3 is 0 Å². The van der Waals surface area contributed by atoms with E-state index >= 15 is 0 Å². The molecule has 4 aromatic carbocycles. The number of hydrogen-bond acceptors (Lipinski definition) is 5. The standard InChI is InChI=1S/C39H46O5/c1-27(2)24-37(39(4,5)6)29-18-20-32(21-19-29)44-28(3)42-22-23-43-38-35(30-12-9-14-33(25-30)40-7)16-11-17-36(38)31-13-10-15-34(26-31)41-8/h9-21,24-26,28,37H,22-23H2,1-8H3. The van der Waals surface area contributed by atoms with Crippen LogP contribution in [0.3, 0.4) is 0 Å². The summed E-state index contributed by atoms with van der Waals surface area (Å²) in [6.45, 7) is 13.7. The van der Waals surface area contributed by atoms with E-state index in [1.807, 2.05) is 61.5 Å². The molecule has 0 heterocycles. The summed E-state index contributed by atoms with van der Waals surface area (Å²) < 4.78 is 29.5. The predicted molar refractivity (Wildman–Crippen MR) is 180 cm³/mol. The van der Waals surface area contributed by atoms with Gasteiger partial charge in [-0.3, -0.25) is 0 Å². The summed E-state index contributed by atoms with van der Waals surface area (Å²) in [5.74, 6) is 3.44. The minimum Gasteiger partial charge on any atom is -0.497 e. The monoisotopic (exact) mass is 594 g/mol. The van der Waals surface area contributed by atoms with E-state index in [1.165, 1.54) is 11.1 Å². The molecule has 2 unspecified atom stereocenters. The van der Waals surface area contributed by atoms with Crippen LogP contribution in [0.5, 0.6) is 23.0 Å². The van der Waals surface area contributed by atoms with Crippen LogP contribution in [-0.2, 0) is 4.74 Å². The zero-order valence-corrected chi connectivity index (χ0v) is 27.3. The van der Waals surface area contributed by atoms with Gasteiger partial charge in [0.2, 0.25) is 0 Å². The van der Waals surface area contributed by atoms with Crippen molar-refractivity contribution in [2.45, 2.75) is 53.8 Å². The molecule has 2 atom stereocenters. The highest BCUT2D eigenvalue weighted by Gasteiger charge is 2.24. The van der Waals surface area contributed by atoms with E-state index in [-0.39, 0.29) is 5.41 Å².